The van der Waals surface area contributed by atoms with Gasteiger partial charge < -0.3 is 9.32 Å². The summed E-state index contributed by atoms with van der Waals surface area (Å²) < 4.78 is 7.46. The number of nitrogens with zero attached hydrogens (tertiary/aromatic N) is 5. The van der Waals surface area contributed by atoms with Crippen LogP contribution in [0.15, 0.2) is 41.1 Å². The van der Waals surface area contributed by atoms with Gasteiger partial charge in [0.1, 0.15) is 0 Å². The van der Waals surface area contributed by atoms with Crippen molar-refractivity contribution in [2.75, 3.05) is 26.2 Å². The third-order valence-corrected chi connectivity index (χ3v) is 5.38. The number of aromatic nitrogens is 3. The lowest BCUT2D eigenvalue weighted by molar-refractivity contribution is 0.0727. The molecule has 1 aliphatic heterocycles. The molecule has 3 heterocycles. The summed E-state index contributed by atoms with van der Waals surface area (Å²) in [6, 6.07) is 8.24. The maximum absolute atomic E-state index is 12.8. The summed E-state index contributed by atoms with van der Waals surface area (Å²) in [5.74, 6) is 0.848. The molecule has 1 aromatic carbocycles. The molecule has 4 rings (SSSR count). The average Bonchev–Trinajstić information content (AvgIpc) is 3.21. The molecule has 29 heavy (non-hydrogen) atoms. The molecular formula is C22H27N5O2. The first-order valence-electron chi connectivity index (χ1n) is 10.1. The fourth-order valence-electron chi connectivity index (χ4n) is 3.86. The van der Waals surface area contributed by atoms with E-state index in [1.807, 2.05) is 34.8 Å². The Bertz CT molecular complexity index is 1010. The minimum Gasteiger partial charge on any atom is -0.436 e. The van der Waals surface area contributed by atoms with Crippen LogP contribution in [0.4, 0.5) is 0 Å². The second-order valence-electron chi connectivity index (χ2n) is 7.65. The number of amides is 1. The molecule has 7 nitrogen and oxygen atoms in total. The summed E-state index contributed by atoms with van der Waals surface area (Å²) in [5.41, 5.74) is 4.14. The maximum Gasteiger partial charge on any atom is 0.291 e. The smallest absolute Gasteiger partial charge is 0.291 e. The highest BCUT2D eigenvalue weighted by atomic mass is 16.4. The van der Waals surface area contributed by atoms with Crippen LogP contribution in [0.5, 0.6) is 0 Å². The third kappa shape index (κ3) is 4.24. The molecule has 1 amide bonds. The van der Waals surface area contributed by atoms with Gasteiger partial charge in [0, 0.05) is 51.4 Å². The van der Waals surface area contributed by atoms with Crippen LogP contribution in [0, 0.1) is 20.8 Å². The quantitative estimate of drug-likeness (QED) is 0.681. The van der Waals surface area contributed by atoms with E-state index in [0.29, 0.717) is 23.9 Å². The average molecular weight is 393 g/mol. The van der Waals surface area contributed by atoms with Crippen molar-refractivity contribution in [2.24, 2.45) is 0 Å². The Kier molecular flexibility index (Phi) is 5.49. The van der Waals surface area contributed by atoms with Gasteiger partial charge in [0.05, 0.1) is 17.6 Å². The predicted octanol–water partition coefficient (Wildman–Crippen LogP) is 3.13. The van der Waals surface area contributed by atoms with Gasteiger partial charge in [-0.15, -0.1) is 0 Å². The van der Waals surface area contributed by atoms with Crippen molar-refractivity contribution in [3.8, 4) is 5.69 Å². The zero-order valence-corrected chi connectivity index (χ0v) is 17.3. The minimum atomic E-state index is -0.0580. The summed E-state index contributed by atoms with van der Waals surface area (Å²) >= 11 is 0. The number of carbonyl (C=O) groups is 1. The van der Waals surface area contributed by atoms with E-state index in [1.165, 1.54) is 11.1 Å². The summed E-state index contributed by atoms with van der Waals surface area (Å²) in [7, 11) is 0. The molecule has 1 saturated heterocycles. The summed E-state index contributed by atoms with van der Waals surface area (Å²) in [6.07, 6.45) is 4.96. The lowest BCUT2D eigenvalue weighted by Gasteiger charge is -2.21. The Balaban J connectivity index is 1.39. The van der Waals surface area contributed by atoms with E-state index < -0.39 is 0 Å². The lowest BCUT2D eigenvalue weighted by atomic mass is 10.2. The Morgan fingerprint density at radius 3 is 2.69 bits per heavy atom. The molecule has 0 radical (unpaired) electrons. The molecule has 0 unspecified atom stereocenters. The molecule has 1 fully saturated rings. The van der Waals surface area contributed by atoms with Crippen LogP contribution in [-0.2, 0) is 6.54 Å². The fraction of sp³-hybridized carbons (Fsp3) is 0.409. The van der Waals surface area contributed by atoms with Crippen LogP contribution >= 0.6 is 0 Å². The van der Waals surface area contributed by atoms with Gasteiger partial charge in [-0.05, 0) is 31.9 Å². The van der Waals surface area contributed by atoms with Crippen molar-refractivity contribution >= 4 is 5.91 Å². The SMILES string of the molecule is Cc1nc(C)c(C(=O)N2CCCN(Cc3cnn(-c4ccccc4C)c3)CC2)o1. The van der Waals surface area contributed by atoms with E-state index in [1.54, 1.807) is 6.92 Å². The first kappa shape index (κ1) is 19.4. The van der Waals surface area contributed by atoms with Crippen molar-refractivity contribution in [2.45, 2.75) is 33.7 Å². The number of benzene rings is 1. The first-order chi connectivity index (χ1) is 14.0. The molecule has 7 heteroatoms. The monoisotopic (exact) mass is 393 g/mol. The van der Waals surface area contributed by atoms with Crippen LogP contribution in [0.3, 0.4) is 0 Å². The van der Waals surface area contributed by atoms with Crippen LogP contribution in [-0.4, -0.2) is 56.7 Å². The number of oxazole rings is 1. The van der Waals surface area contributed by atoms with Gasteiger partial charge in [0.2, 0.25) is 5.76 Å². The van der Waals surface area contributed by atoms with Crippen LogP contribution in [0.1, 0.15) is 39.7 Å². The number of aryl methyl sites for hydroxylation is 3. The molecule has 3 aromatic rings. The Labute approximate surface area is 170 Å². The van der Waals surface area contributed by atoms with Crippen LogP contribution in [0.2, 0.25) is 0 Å². The summed E-state index contributed by atoms with van der Waals surface area (Å²) in [6.45, 7) is 9.70. The highest BCUT2D eigenvalue weighted by molar-refractivity contribution is 5.92. The molecule has 1 aliphatic rings. The van der Waals surface area contributed by atoms with E-state index >= 15 is 0 Å². The largest absolute Gasteiger partial charge is 0.436 e. The number of carbonyl (C=O) groups excluding carboxylic acids is 1. The van der Waals surface area contributed by atoms with Gasteiger partial charge in [-0.2, -0.15) is 5.10 Å². The number of hydrogen-bond donors (Lipinski definition) is 0. The maximum atomic E-state index is 12.8. The normalized spacial score (nSPS) is 15.5. The van der Waals surface area contributed by atoms with E-state index in [2.05, 4.69) is 40.2 Å². The molecule has 0 bridgehead atoms. The zero-order chi connectivity index (χ0) is 20.4. The van der Waals surface area contributed by atoms with Gasteiger partial charge in [-0.3, -0.25) is 9.69 Å². The fourth-order valence-corrected chi connectivity index (χ4v) is 3.86. The number of para-hydroxylation sites is 1. The molecule has 0 spiro atoms. The Morgan fingerprint density at radius 2 is 1.93 bits per heavy atom. The Morgan fingerprint density at radius 1 is 1.10 bits per heavy atom. The van der Waals surface area contributed by atoms with E-state index in [9.17, 15) is 4.79 Å². The predicted molar refractivity (Wildman–Crippen MR) is 110 cm³/mol. The van der Waals surface area contributed by atoms with E-state index in [0.717, 1.165) is 38.3 Å². The molecular weight excluding hydrogens is 366 g/mol. The van der Waals surface area contributed by atoms with E-state index in [4.69, 9.17) is 4.42 Å². The Hall–Kier alpha value is -2.93. The van der Waals surface area contributed by atoms with Crippen LogP contribution in [0.25, 0.3) is 5.69 Å². The standard InChI is InChI=1S/C22H27N5O2/c1-16-7-4-5-8-20(16)27-15-19(13-23-27)14-25-9-6-10-26(12-11-25)22(28)21-17(2)24-18(3)29-21/h4-5,7-8,13,15H,6,9-12,14H2,1-3H3. The molecule has 152 valence electrons. The highest BCUT2D eigenvalue weighted by Crippen LogP contribution is 2.17. The van der Waals surface area contributed by atoms with Crippen molar-refractivity contribution < 1.29 is 9.21 Å². The molecule has 0 aliphatic carbocycles. The number of rotatable bonds is 4. The van der Waals surface area contributed by atoms with Crippen molar-refractivity contribution in [3.05, 3.63) is 65.1 Å². The van der Waals surface area contributed by atoms with Crippen molar-refractivity contribution in [1.29, 1.82) is 0 Å². The van der Waals surface area contributed by atoms with Gasteiger partial charge in [0.25, 0.3) is 5.91 Å². The first-order valence-corrected chi connectivity index (χ1v) is 10.1. The topological polar surface area (TPSA) is 67.4 Å². The van der Waals surface area contributed by atoms with Gasteiger partial charge in [-0.1, -0.05) is 18.2 Å². The minimum absolute atomic E-state index is 0.0580. The molecule has 0 atom stereocenters. The second-order valence-corrected chi connectivity index (χ2v) is 7.65. The molecule has 2 aromatic heterocycles. The highest BCUT2D eigenvalue weighted by Gasteiger charge is 2.25. The summed E-state index contributed by atoms with van der Waals surface area (Å²) in [5, 5.41) is 4.54. The zero-order valence-electron chi connectivity index (χ0n) is 17.3. The van der Waals surface area contributed by atoms with E-state index in [-0.39, 0.29) is 5.91 Å². The van der Waals surface area contributed by atoms with Crippen LogP contribution < -0.4 is 0 Å². The van der Waals surface area contributed by atoms with Gasteiger partial charge >= 0.3 is 0 Å². The molecule has 0 saturated carbocycles. The van der Waals surface area contributed by atoms with Crippen molar-refractivity contribution in [3.63, 3.8) is 0 Å². The van der Waals surface area contributed by atoms with Gasteiger partial charge in [-0.25, -0.2) is 9.67 Å². The molecule has 0 N–H and O–H groups in total. The third-order valence-electron chi connectivity index (χ3n) is 5.38. The second kappa shape index (κ2) is 8.21. The number of hydrogen-bond acceptors (Lipinski definition) is 5. The van der Waals surface area contributed by atoms with Crippen molar-refractivity contribution in [1.82, 2.24) is 24.6 Å². The lowest BCUT2D eigenvalue weighted by Crippen LogP contribution is -2.35. The van der Waals surface area contributed by atoms with Gasteiger partial charge in [0.15, 0.2) is 5.89 Å². The summed E-state index contributed by atoms with van der Waals surface area (Å²) in [4.78, 5) is 21.3.